The van der Waals surface area contributed by atoms with E-state index in [0.29, 0.717) is 28.5 Å². The molecule has 0 radical (unpaired) electrons. The lowest BCUT2D eigenvalue weighted by molar-refractivity contribution is 0.271. The van der Waals surface area contributed by atoms with Gasteiger partial charge in [-0.05, 0) is 37.6 Å². The number of nitrogens with one attached hydrogen (secondary N) is 1. The highest BCUT2D eigenvalue weighted by Gasteiger charge is 2.19. The molecule has 2 rings (SSSR count). The molecule has 0 aliphatic carbocycles. The zero-order chi connectivity index (χ0) is 15.6. The molecular formula is C14H17ClN2O3S. The SMILES string of the molecule is CCn1cc(S(=O)(=O)Nc2cccc(Cl)c2C)cc1CO. The number of nitrogens with zero attached hydrogens (tertiary/aromatic N) is 1. The number of aliphatic hydroxyl groups excluding tert-OH is 1. The molecule has 5 nitrogen and oxygen atoms in total. The normalized spacial score (nSPS) is 11.6. The number of halogens is 1. The van der Waals surface area contributed by atoms with Gasteiger partial charge in [0.15, 0.2) is 0 Å². The van der Waals surface area contributed by atoms with E-state index in [4.69, 9.17) is 11.6 Å². The summed E-state index contributed by atoms with van der Waals surface area (Å²) in [7, 11) is -3.72. The summed E-state index contributed by atoms with van der Waals surface area (Å²) in [5.74, 6) is 0. The first kappa shape index (κ1) is 15.9. The number of hydrogen-bond acceptors (Lipinski definition) is 3. The third kappa shape index (κ3) is 3.23. The van der Waals surface area contributed by atoms with Crippen LogP contribution in [0.1, 0.15) is 18.2 Å². The molecule has 0 amide bonds. The van der Waals surface area contributed by atoms with Crippen molar-refractivity contribution in [2.24, 2.45) is 0 Å². The molecule has 0 spiro atoms. The lowest BCUT2D eigenvalue weighted by Crippen LogP contribution is -2.13. The molecule has 0 aliphatic heterocycles. The van der Waals surface area contributed by atoms with Crippen LogP contribution >= 0.6 is 11.6 Å². The van der Waals surface area contributed by atoms with E-state index in [-0.39, 0.29) is 11.5 Å². The van der Waals surface area contributed by atoms with E-state index in [0.717, 1.165) is 0 Å². The number of benzene rings is 1. The number of aliphatic hydroxyl groups is 1. The minimum atomic E-state index is -3.72. The Balaban J connectivity index is 2.38. The van der Waals surface area contributed by atoms with E-state index >= 15 is 0 Å². The minimum absolute atomic E-state index is 0.118. The van der Waals surface area contributed by atoms with Crippen LogP contribution in [0.3, 0.4) is 0 Å². The largest absolute Gasteiger partial charge is 0.390 e. The molecule has 0 atom stereocenters. The number of hydrogen-bond donors (Lipinski definition) is 2. The minimum Gasteiger partial charge on any atom is -0.390 e. The second-order valence-electron chi connectivity index (χ2n) is 4.63. The van der Waals surface area contributed by atoms with Gasteiger partial charge < -0.3 is 9.67 Å². The zero-order valence-electron chi connectivity index (χ0n) is 11.8. The van der Waals surface area contributed by atoms with Crippen LogP contribution in [0.25, 0.3) is 0 Å². The molecule has 7 heteroatoms. The van der Waals surface area contributed by atoms with Crippen molar-refractivity contribution in [3.8, 4) is 0 Å². The van der Waals surface area contributed by atoms with Gasteiger partial charge in [0.1, 0.15) is 4.90 Å². The molecule has 114 valence electrons. The number of anilines is 1. The summed E-state index contributed by atoms with van der Waals surface area (Å²) in [6.45, 7) is 4.00. The molecule has 1 aromatic carbocycles. The smallest absolute Gasteiger partial charge is 0.263 e. The van der Waals surface area contributed by atoms with E-state index in [9.17, 15) is 13.5 Å². The molecule has 0 saturated carbocycles. The topological polar surface area (TPSA) is 71.3 Å². The highest BCUT2D eigenvalue weighted by Crippen LogP contribution is 2.26. The monoisotopic (exact) mass is 328 g/mol. The third-order valence-electron chi connectivity index (χ3n) is 3.29. The Hall–Kier alpha value is -1.50. The first-order valence-electron chi connectivity index (χ1n) is 6.47. The van der Waals surface area contributed by atoms with Gasteiger partial charge in [-0.15, -0.1) is 0 Å². The molecule has 21 heavy (non-hydrogen) atoms. The van der Waals surface area contributed by atoms with Crippen molar-refractivity contribution in [2.45, 2.75) is 31.9 Å². The van der Waals surface area contributed by atoms with Gasteiger partial charge in [-0.25, -0.2) is 8.42 Å². The van der Waals surface area contributed by atoms with Gasteiger partial charge in [-0.3, -0.25) is 4.72 Å². The van der Waals surface area contributed by atoms with Crippen molar-refractivity contribution in [1.29, 1.82) is 0 Å². The highest BCUT2D eigenvalue weighted by atomic mass is 35.5. The molecule has 1 heterocycles. The second-order valence-corrected chi connectivity index (χ2v) is 6.72. The van der Waals surface area contributed by atoms with Crippen LogP contribution in [-0.2, 0) is 23.2 Å². The summed E-state index contributed by atoms with van der Waals surface area (Å²) in [5.41, 5.74) is 1.66. The van der Waals surface area contributed by atoms with Crippen LogP contribution in [-0.4, -0.2) is 18.1 Å². The maximum absolute atomic E-state index is 12.4. The maximum Gasteiger partial charge on any atom is 0.263 e. The van der Waals surface area contributed by atoms with Crippen molar-refractivity contribution >= 4 is 27.3 Å². The Morgan fingerprint density at radius 2 is 2.10 bits per heavy atom. The fourth-order valence-corrected chi connectivity index (χ4v) is 3.38. The molecule has 0 fully saturated rings. The van der Waals surface area contributed by atoms with Crippen molar-refractivity contribution in [2.75, 3.05) is 4.72 Å². The van der Waals surface area contributed by atoms with Crippen molar-refractivity contribution in [3.05, 3.63) is 46.7 Å². The lowest BCUT2D eigenvalue weighted by Gasteiger charge is -2.10. The van der Waals surface area contributed by atoms with Crippen LogP contribution in [0.15, 0.2) is 35.4 Å². The molecule has 2 N–H and O–H groups in total. The molecule has 1 aromatic heterocycles. The maximum atomic E-state index is 12.4. The van der Waals surface area contributed by atoms with Crippen molar-refractivity contribution in [3.63, 3.8) is 0 Å². The molecule has 0 saturated heterocycles. The lowest BCUT2D eigenvalue weighted by atomic mass is 10.2. The Morgan fingerprint density at radius 3 is 2.67 bits per heavy atom. The second kappa shape index (κ2) is 6.09. The van der Waals surface area contributed by atoms with Gasteiger partial charge in [0.25, 0.3) is 10.0 Å². The van der Waals surface area contributed by atoms with Gasteiger partial charge in [-0.1, -0.05) is 17.7 Å². The number of aromatic nitrogens is 1. The summed E-state index contributed by atoms with van der Waals surface area (Å²) in [5, 5.41) is 9.74. The van der Waals surface area contributed by atoms with E-state index < -0.39 is 10.0 Å². The predicted molar refractivity (Wildman–Crippen MR) is 83.0 cm³/mol. The summed E-state index contributed by atoms with van der Waals surface area (Å²) < 4.78 is 29.0. The van der Waals surface area contributed by atoms with E-state index in [1.54, 1.807) is 29.7 Å². The Labute approximate surface area is 129 Å². The fourth-order valence-electron chi connectivity index (χ4n) is 2.02. The molecular weight excluding hydrogens is 312 g/mol. The Morgan fingerprint density at radius 1 is 1.38 bits per heavy atom. The molecule has 2 aromatic rings. The summed E-state index contributed by atoms with van der Waals surface area (Å²) >= 11 is 5.99. The Kier molecular flexibility index (Phi) is 4.61. The van der Waals surface area contributed by atoms with Crippen LogP contribution < -0.4 is 4.72 Å². The molecule has 0 bridgehead atoms. The predicted octanol–water partition coefficient (Wildman–Crippen LogP) is 2.76. The van der Waals surface area contributed by atoms with Gasteiger partial charge in [-0.2, -0.15) is 0 Å². The zero-order valence-corrected chi connectivity index (χ0v) is 13.4. The fraction of sp³-hybridized carbons (Fsp3) is 0.286. The summed E-state index contributed by atoms with van der Waals surface area (Å²) in [4.78, 5) is 0.118. The number of sulfonamides is 1. The summed E-state index contributed by atoms with van der Waals surface area (Å²) in [6, 6.07) is 6.50. The molecule has 0 unspecified atom stereocenters. The van der Waals surface area contributed by atoms with E-state index in [1.807, 2.05) is 6.92 Å². The van der Waals surface area contributed by atoms with Gasteiger partial charge in [0.2, 0.25) is 0 Å². The number of rotatable bonds is 5. The van der Waals surface area contributed by atoms with Crippen molar-refractivity contribution < 1.29 is 13.5 Å². The first-order valence-corrected chi connectivity index (χ1v) is 8.33. The molecule has 0 aliphatic rings. The quantitative estimate of drug-likeness (QED) is 0.886. The average molecular weight is 329 g/mol. The van der Waals surface area contributed by atoms with Gasteiger partial charge in [0.05, 0.1) is 12.3 Å². The Bertz CT molecular complexity index is 732. The van der Waals surface area contributed by atoms with E-state index in [1.165, 1.54) is 12.3 Å². The van der Waals surface area contributed by atoms with Crippen LogP contribution in [0.5, 0.6) is 0 Å². The van der Waals surface area contributed by atoms with E-state index in [2.05, 4.69) is 4.72 Å². The van der Waals surface area contributed by atoms with Crippen molar-refractivity contribution in [1.82, 2.24) is 4.57 Å². The van der Waals surface area contributed by atoms with Gasteiger partial charge in [0, 0.05) is 23.5 Å². The van der Waals surface area contributed by atoms with Gasteiger partial charge >= 0.3 is 0 Å². The standard InChI is InChI=1S/C14H17ClN2O3S/c1-3-17-8-12(7-11(17)9-18)21(19,20)16-14-6-4-5-13(15)10(14)2/h4-8,16,18H,3,9H2,1-2H3. The summed E-state index contributed by atoms with van der Waals surface area (Å²) in [6.07, 6.45) is 1.51. The third-order valence-corrected chi connectivity index (χ3v) is 5.03. The number of aryl methyl sites for hydroxylation is 1. The first-order chi connectivity index (χ1) is 9.89. The highest BCUT2D eigenvalue weighted by molar-refractivity contribution is 7.92. The average Bonchev–Trinajstić information content (AvgIpc) is 2.88. The van der Waals surface area contributed by atoms with Crippen LogP contribution in [0, 0.1) is 6.92 Å². The van der Waals surface area contributed by atoms with Crippen LogP contribution in [0.4, 0.5) is 5.69 Å². The van der Waals surface area contributed by atoms with Crippen LogP contribution in [0.2, 0.25) is 5.02 Å².